The molecule has 1 aliphatic carbocycles. The van der Waals surface area contributed by atoms with Crippen molar-refractivity contribution in [3.63, 3.8) is 0 Å². The minimum absolute atomic E-state index is 0.158. The van der Waals surface area contributed by atoms with Gasteiger partial charge in [-0.1, -0.05) is 31.9 Å². The lowest BCUT2D eigenvalue weighted by atomic mass is 9.75. The molecule has 1 saturated carbocycles. The summed E-state index contributed by atoms with van der Waals surface area (Å²) in [6.45, 7) is 7.29. The number of aromatic nitrogens is 3. The third kappa shape index (κ3) is 3.38. The predicted octanol–water partition coefficient (Wildman–Crippen LogP) is 1.93. The summed E-state index contributed by atoms with van der Waals surface area (Å²) in [5.41, 5.74) is 7.41. The maximum absolute atomic E-state index is 6.21. The number of rotatable bonds is 6. The first-order chi connectivity index (χ1) is 9.59. The topological polar surface area (TPSA) is 60.0 Å². The Bertz CT molecular complexity index is 416. The first-order valence-corrected chi connectivity index (χ1v) is 7.90. The van der Waals surface area contributed by atoms with Gasteiger partial charge in [0.2, 0.25) is 0 Å². The molecule has 0 aromatic carbocycles. The predicted molar refractivity (Wildman–Crippen MR) is 81.1 cm³/mol. The van der Waals surface area contributed by atoms with Crippen molar-refractivity contribution >= 4 is 0 Å². The molecule has 0 radical (unpaired) electrons. The monoisotopic (exact) mass is 279 g/mol. The van der Waals surface area contributed by atoms with Crippen molar-refractivity contribution < 1.29 is 0 Å². The van der Waals surface area contributed by atoms with Crippen molar-refractivity contribution in [1.82, 2.24) is 19.9 Å². The fourth-order valence-electron chi connectivity index (χ4n) is 3.65. The minimum atomic E-state index is 0.158. The number of hydrogen-bond acceptors (Lipinski definition) is 4. The van der Waals surface area contributed by atoms with Crippen molar-refractivity contribution in [2.45, 2.75) is 58.0 Å². The Hall–Kier alpha value is -0.940. The van der Waals surface area contributed by atoms with E-state index >= 15 is 0 Å². The molecule has 0 amide bonds. The van der Waals surface area contributed by atoms with Crippen molar-refractivity contribution in [2.75, 3.05) is 13.1 Å². The number of nitrogens with two attached hydrogens (primary N) is 1. The number of nitrogens with zero attached hydrogens (tertiary/aromatic N) is 4. The second kappa shape index (κ2) is 6.68. The van der Waals surface area contributed by atoms with Gasteiger partial charge < -0.3 is 5.73 Å². The highest BCUT2D eigenvalue weighted by Gasteiger charge is 2.38. The van der Waals surface area contributed by atoms with Crippen molar-refractivity contribution in [3.8, 4) is 0 Å². The lowest BCUT2D eigenvalue weighted by Crippen LogP contribution is -2.56. The summed E-state index contributed by atoms with van der Waals surface area (Å²) in [6, 6.07) is 0. The molecule has 2 rings (SSSR count). The Labute approximate surface area is 122 Å². The average molecular weight is 279 g/mol. The molecule has 1 aromatic heterocycles. The Morgan fingerprint density at radius 1 is 1.55 bits per heavy atom. The zero-order valence-corrected chi connectivity index (χ0v) is 13.2. The van der Waals surface area contributed by atoms with Crippen LogP contribution in [-0.2, 0) is 13.6 Å². The average Bonchev–Trinajstić information content (AvgIpc) is 2.83. The summed E-state index contributed by atoms with van der Waals surface area (Å²) >= 11 is 0. The Balaban J connectivity index is 2.16. The Morgan fingerprint density at radius 2 is 2.35 bits per heavy atom. The molecule has 1 aromatic rings. The van der Waals surface area contributed by atoms with E-state index in [1.54, 1.807) is 4.68 Å². The van der Waals surface area contributed by atoms with Gasteiger partial charge in [0.25, 0.3) is 0 Å². The van der Waals surface area contributed by atoms with Crippen molar-refractivity contribution in [3.05, 3.63) is 11.9 Å². The van der Waals surface area contributed by atoms with Crippen LogP contribution in [0.4, 0.5) is 0 Å². The Morgan fingerprint density at radius 3 is 2.90 bits per heavy atom. The van der Waals surface area contributed by atoms with Crippen molar-refractivity contribution in [1.29, 1.82) is 0 Å². The van der Waals surface area contributed by atoms with E-state index in [1.165, 1.54) is 25.7 Å². The molecule has 0 saturated heterocycles. The standard InChI is InChI=1S/C15H29N5/c1-4-8-20(11-14-10-19(3)18-17-14)15(12-16)7-5-6-13(2)9-15/h10,13H,4-9,11-12,16H2,1-3H3. The van der Waals surface area contributed by atoms with Crippen LogP contribution in [0.5, 0.6) is 0 Å². The van der Waals surface area contributed by atoms with Crippen LogP contribution in [0.3, 0.4) is 0 Å². The summed E-state index contributed by atoms with van der Waals surface area (Å²) in [4.78, 5) is 2.56. The van der Waals surface area contributed by atoms with E-state index in [0.29, 0.717) is 0 Å². The molecular weight excluding hydrogens is 250 g/mol. The fourth-order valence-corrected chi connectivity index (χ4v) is 3.65. The van der Waals surface area contributed by atoms with E-state index in [9.17, 15) is 0 Å². The summed E-state index contributed by atoms with van der Waals surface area (Å²) in [5.74, 6) is 0.772. The van der Waals surface area contributed by atoms with E-state index in [0.717, 1.165) is 37.7 Å². The van der Waals surface area contributed by atoms with Crippen molar-refractivity contribution in [2.24, 2.45) is 18.7 Å². The second-order valence-corrected chi connectivity index (χ2v) is 6.44. The number of hydrogen-bond donors (Lipinski definition) is 1. The molecule has 0 spiro atoms. The van der Waals surface area contributed by atoms with Gasteiger partial charge in [0.1, 0.15) is 0 Å². The van der Waals surface area contributed by atoms with Gasteiger partial charge in [0, 0.05) is 31.9 Å². The van der Waals surface area contributed by atoms with Gasteiger partial charge in [0.05, 0.1) is 5.69 Å². The van der Waals surface area contributed by atoms with Crippen LogP contribution in [0.15, 0.2) is 6.20 Å². The molecule has 2 N–H and O–H groups in total. The van der Waals surface area contributed by atoms with Crippen LogP contribution in [0, 0.1) is 5.92 Å². The third-order valence-corrected chi connectivity index (χ3v) is 4.61. The molecule has 0 bridgehead atoms. The lowest BCUT2D eigenvalue weighted by Gasteiger charge is -2.47. The SMILES string of the molecule is CCCN(Cc1cn(C)nn1)C1(CN)CCCC(C)C1. The molecule has 5 heteroatoms. The zero-order chi connectivity index (χ0) is 14.6. The normalized spacial score (nSPS) is 27.1. The highest BCUT2D eigenvalue weighted by Crippen LogP contribution is 2.37. The summed E-state index contributed by atoms with van der Waals surface area (Å²) in [7, 11) is 1.92. The quantitative estimate of drug-likeness (QED) is 0.864. The van der Waals surface area contributed by atoms with Crippen LogP contribution in [0.2, 0.25) is 0 Å². The highest BCUT2D eigenvalue weighted by atomic mass is 15.4. The molecule has 20 heavy (non-hydrogen) atoms. The zero-order valence-electron chi connectivity index (χ0n) is 13.2. The summed E-state index contributed by atoms with van der Waals surface area (Å²) in [6.07, 6.45) is 8.22. The van der Waals surface area contributed by atoms with Crippen LogP contribution in [0.1, 0.15) is 51.6 Å². The van der Waals surface area contributed by atoms with Gasteiger partial charge in [-0.15, -0.1) is 5.10 Å². The molecule has 2 atom stereocenters. The van der Waals surface area contributed by atoms with E-state index in [4.69, 9.17) is 5.73 Å². The van der Waals surface area contributed by atoms with Gasteiger partial charge in [-0.05, 0) is 31.7 Å². The highest BCUT2D eigenvalue weighted by molar-refractivity contribution is 5.00. The van der Waals surface area contributed by atoms with Gasteiger partial charge in [-0.2, -0.15) is 0 Å². The van der Waals surface area contributed by atoms with Gasteiger partial charge in [0.15, 0.2) is 0 Å². The number of aryl methyl sites for hydroxylation is 1. The lowest BCUT2D eigenvalue weighted by molar-refractivity contribution is 0.0312. The first kappa shape index (κ1) is 15.4. The maximum atomic E-state index is 6.21. The Kier molecular flexibility index (Phi) is 5.16. The van der Waals surface area contributed by atoms with Gasteiger partial charge in [-0.3, -0.25) is 9.58 Å². The van der Waals surface area contributed by atoms with Crippen LogP contribution >= 0.6 is 0 Å². The molecule has 5 nitrogen and oxygen atoms in total. The molecule has 1 heterocycles. The second-order valence-electron chi connectivity index (χ2n) is 6.44. The molecule has 0 aliphatic heterocycles. The molecule has 114 valence electrons. The smallest absolute Gasteiger partial charge is 0.0967 e. The van der Waals surface area contributed by atoms with E-state index in [-0.39, 0.29) is 5.54 Å². The third-order valence-electron chi connectivity index (χ3n) is 4.61. The molecular formula is C15H29N5. The molecule has 1 aliphatic rings. The summed E-state index contributed by atoms with van der Waals surface area (Å²) < 4.78 is 1.78. The first-order valence-electron chi connectivity index (χ1n) is 7.90. The largest absolute Gasteiger partial charge is 0.329 e. The van der Waals surface area contributed by atoms with Crippen LogP contribution < -0.4 is 5.73 Å². The van der Waals surface area contributed by atoms with Crippen LogP contribution in [-0.4, -0.2) is 38.5 Å². The molecule has 1 fully saturated rings. The minimum Gasteiger partial charge on any atom is -0.329 e. The van der Waals surface area contributed by atoms with E-state index < -0.39 is 0 Å². The van der Waals surface area contributed by atoms with Gasteiger partial charge in [-0.25, -0.2) is 0 Å². The summed E-state index contributed by atoms with van der Waals surface area (Å²) in [5, 5.41) is 8.29. The van der Waals surface area contributed by atoms with Crippen LogP contribution in [0.25, 0.3) is 0 Å². The van der Waals surface area contributed by atoms with E-state index in [2.05, 4.69) is 29.1 Å². The van der Waals surface area contributed by atoms with Gasteiger partial charge >= 0.3 is 0 Å². The molecule has 2 unspecified atom stereocenters. The maximum Gasteiger partial charge on any atom is 0.0967 e. The fraction of sp³-hybridized carbons (Fsp3) is 0.867. The van der Waals surface area contributed by atoms with E-state index in [1.807, 2.05) is 13.2 Å².